The van der Waals surface area contributed by atoms with Crippen LogP contribution < -0.4 is 10.2 Å². The number of ether oxygens (including phenoxy) is 1. The van der Waals surface area contributed by atoms with E-state index in [-0.39, 0.29) is 24.7 Å². The van der Waals surface area contributed by atoms with E-state index in [2.05, 4.69) is 10.5 Å². The van der Waals surface area contributed by atoms with Gasteiger partial charge in [-0.1, -0.05) is 5.16 Å². The van der Waals surface area contributed by atoms with Crippen LogP contribution in [0.4, 0.5) is 14.9 Å². The Morgan fingerprint density at radius 2 is 2.23 bits per heavy atom. The summed E-state index contributed by atoms with van der Waals surface area (Å²) in [5, 5.41) is 6.42. The monoisotopic (exact) mass is 359 g/mol. The van der Waals surface area contributed by atoms with Crippen molar-refractivity contribution in [3.8, 4) is 11.1 Å². The second-order valence-corrected chi connectivity index (χ2v) is 6.53. The molecule has 1 aromatic heterocycles. The average molecular weight is 359 g/mol. The van der Waals surface area contributed by atoms with Gasteiger partial charge < -0.3 is 14.6 Å². The number of aryl methyl sites for hydroxylation is 2. The van der Waals surface area contributed by atoms with Crippen LogP contribution in [0.15, 0.2) is 22.9 Å². The summed E-state index contributed by atoms with van der Waals surface area (Å²) in [5.41, 5.74) is 2.69. The fraction of sp³-hybridized carbons (Fsp3) is 0.389. The van der Waals surface area contributed by atoms with Crippen molar-refractivity contribution in [2.45, 2.75) is 32.3 Å². The van der Waals surface area contributed by atoms with Crippen molar-refractivity contribution in [3.63, 3.8) is 0 Å². The third-order valence-corrected chi connectivity index (χ3v) is 4.70. The fourth-order valence-corrected chi connectivity index (χ4v) is 3.45. The number of cyclic esters (lactones) is 1. The van der Waals surface area contributed by atoms with Gasteiger partial charge in [-0.15, -0.1) is 0 Å². The highest BCUT2D eigenvalue weighted by atomic mass is 19.1. The number of benzene rings is 1. The minimum absolute atomic E-state index is 0.188. The Hall–Kier alpha value is -2.90. The van der Waals surface area contributed by atoms with Crippen LogP contribution in [-0.4, -0.2) is 36.4 Å². The SMILES string of the molecule is CC(=O)NC[C@H]1CN(c2cc3c(cc2F)-c2cnoc2CCC3)C(=O)O1. The van der Waals surface area contributed by atoms with Crippen LogP contribution in [-0.2, 0) is 22.4 Å². The zero-order chi connectivity index (χ0) is 18.3. The van der Waals surface area contributed by atoms with Crippen molar-refractivity contribution in [3.05, 3.63) is 35.5 Å². The summed E-state index contributed by atoms with van der Waals surface area (Å²) in [4.78, 5) is 24.5. The molecule has 8 heteroatoms. The number of halogens is 1. The second-order valence-electron chi connectivity index (χ2n) is 6.53. The molecule has 1 aliphatic carbocycles. The van der Waals surface area contributed by atoms with Crippen molar-refractivity contribution in [1.29, 1.82) is 0 Å². The third kappa shape index (κ3) is 2.91. The summed E-state index contributed by atoms with van der Waals surface area (Å²) in [5.74, 6) is 0.0435. The molecule has 1 aliphatic heterocycles. The Morgan fingerprint density at radius 3 is 3.04 bits per heavy atom. The van der Waals surface area contributed by atoms with Gasteiger partial charge in [0.15, 0.2) is 0 Å². The number of carbonyl (C=O) groups excluding carboxylic acids is 2. The lowest BCUT2D eigenvalue weighted by Gasteiger charge is -2.17. The first-order chi connectivity index (χ1) is 12.5. The lowest BCUT2D eigenvalue weighted by molar-refractivity contribution is -0.119. The van der Waals surface area contributed by atoms with Crippen molar-refractivity contribution in [2.24, 2.45) is 0 Å². The van der Waals surface area contributed by atoms with Crippen molar-refractivity contribution in [2.75, 3.05) is 18.0 Å². The van der Waals surface area contributed by atoms with Crippen LogP contribution in [0.5, 0.6) is 0 Å². The smallest absolute Gasteiger partial charge is 0.414 e. The van der Waals surface area contributed by atoms with Crippen molar-refractivity contribution < 1.29 is 23.2 Å². The Kier molecular flexibility index (Phi) is 4.10. The molecule has 2 aliphatic rings. The van der Waals surface area contributed by atoms with Gasteiger partial charge in [0.25, 0.3) is 0 Å². The van der Waals surface area contributed by atoms with Crippen LogP contribution >= 0.6 is 0 Å². The Morgan fingerprint density at radius 1 is 1.38 bits per heavy atom. The van der Waals surface area contributed by atoms with Gasteiger partial charge in [-0.25, -0.2) is 9.18 Å². The first-order valence-electron chi connectivity index (χ1n) is 8.52. The number of hydrogen-bond acceptors (Lipinski definition) is 5. The third-order valence-electron chi connectivity index (χ3n) is 4.70. The Bertz CT molecular complexity index is 879. The highest BCUT2D eigenvalue weighted by molar-refractivity contribution is 5.91. The molecule has 1 fully saturated rings. The maximum atomic E-state index is 14.8. The molecule has 4 rings (SSSR count). The van der Waals surface area contributed by atoms with Gasteiger partial charge in [0, 0.05) is 18.9 Å². The van der Waals surface area contributed by atoms with E-state index in [9.17, 15) is 14.0 Å². The van der Waals surface area contributed by atoms with Gasteiger partial charge in [0.1, 0.15) is 17.7 Å². The summed E-state index contributed by atoms with van der Waals surface area (Å²) in [6.07, 6.45) is 2.84. The van der Waals surface area contributed by atoms with Crippen molar-refractivity contribution >= 4 is 17.7 Å². The molecule has 1 aromatic carbocycles. The van der Waals surface area contributed by atoms with E-state index >= 15 is 0 Å². The number of nitrogens with one attached hydrogen (secondary N) is 1. The second kappa shape index (κ2) is 6.44. The molecule has 0 unspecified atom stereocenters. The highest BCUT2D eigenvalue weighted by Crippen LogP contribution is 2.37. The van der Waals surface area contributed by atoms with Gasteiger partial charge in [-0.2, -0.15) is 0 Å². The van der Waals surface area contributed by atoms with Gasteiger partial charge in [0.05, 0.1) is 25.0 Å². The normalized spacial score (nSPS) is 18.8. The number of fused-ring (bicyclic) bond motifs is 3. The summed E-state index contributed by atoms with van der Waals surface area (Å²) in [6, 6.07) is 3.13. The highest BCUT2D eigenvalue weighted by Gasteiger charge is 2.34. The zero-order valence-corrected chi connectivity index (χ0v) is 14.3. The molecule has 1 N–H and O–H groups in total. The van der Waals surface area contributed by atoms with Gasteiger partial charge >= 0.3 is 6.09 Å². The van der Waals surface area contributed by atoms with Crippen LogP contribution in [0, 0.1) is 5.82 Å². The lowest BCUT2D eigenvalue weighted by atomic mass is 9.99. The number of hydrogen-bond donors (Lipinski definition) is 1. The Labute approximate surface area is 149 Å². The van der Waals surface area contributed by atoms with Gasteiger partial charge in [-0.05, 0) is 36.1 Å². The molecule has 1 atom stereocenters. The molecule has 1 saturated heterocycles. The molecule has 26 heavy (non-hydrogen) atoms. The molecular formula is C18H18FN3O4. The standard InChI is InChI=1S/C18H18FN3O4/c1-10(23)20-7-12-9-22(18(24)25-12)16-5-11-3-2-4-17-14(8-21-26-17)13(11)6-15(16)19/h5-6,8,12H,2-4,7,9H2,1H3,(H,20,23)/t12-/m0/s1. The molecule has 2 amide bonds. The largest absolute Gasteiger partial charge is 0.442 e. The molecule has 136 valence electrons. The van der Waals surface area contributed by atoms with E-state index in [0.29, 0.717) is 0 Å². The van der Waals surface area contributed by atoms with Crippen LogP contribution in [0.3, 0.4) is 0 Å². The minimum Gasteiger partial charge on any atom is -0.442 e. The van der Waals surface area contributed by atoms with Gasteiger partial charge in [0.2, 0.25) is 5.91 Å². The van der Waals surface area contributed by atoms with Crippen LogP contribution in [0.1, 0.15) is 24.7 Å². The topological polar surface area (TPSA) is 84.7 Å². The number of anilines is 1. The molecule has 2 aromatic rings. The summed E-state index contributed by atoms with van der Waals surface area (Å²) in [7, 11) is 0. The van der Waals surface area contributed by atoms with Crippen LogP contribution in [0.2, 0.25) is 0 Å². The number of carbonyl (C=O) groups is 2. The lowest BCUT2D eigenvalue weighted by Crippen LogP contribution is -2.33. The average Bonchev–Trinajstić information content (AvgIpc) is 3.17. The summed E-state index contributed by atoms with van der Waals surface area (Å²) in [6.45, 7) is 1.78. The molecule has 2 heterocycles. The predicted molar refractivity (Wildman–Crippen MR) is 90.2 cm³/mol. The first kappa shape index (κ1) is 16.6. The quantitative estimate of drug-likeness (QED) is 0.910. The molecular weight excluding hydrogens is 341 g/mol. The van der Waals surface area contributed by atoms with Crippen molar-refractivity contribution in [1.82, 2.24) is 10.5 Å². The van der Waals surface area contributed by atoms with E-state index in [0.717, 1.165) is 41.7 Å². The fourth-order valence-electron chi connectivity index (χ4n) is 3.45. The molecule has 0 radical (unpaired) electrons. The molecule has 7 nitrogen and oxygen atoms in total. The number of rotatable bonds is 3. The van der Waals surface area contributed by atoms with E-state index in [1.165, 1.54) is 17.9 Å². The first-order valence-corrected chi connectivity index (χ1v) is 8.52. The number of aromatic nitrogens is 1. The van der Waals surface area contributed by atoms with Crippen LogP contribution in [0.25, 0.3) is 11.1 Å². The molecule has 0 saturated carbocycles. The minimum atomic E-state index is -0.613. The predicted octanol–water partition coefficient (Wildman–Crippen LogP) is 2.43. The van der Waals surface area contributed by atoms with E-state index in [1.54, 1.807) is 12.3 Å². The van der Waals surface area contributed by atoms with E-state index in [1.807, 2.05) is 0 Å². The van der Waals surface area contributed by atoms with Gasteiger partial charge in [-0.3, -0.25) is 9.69 Å². The zero-order valence-electron chi connectivity index (χ0n) is 14.3. The summed E-state index contributed by atoms with van der Waals surface area (Å²) < 4.78 is 25.3. The maximum absolute atomic E-state index is 14.8. The summed E-state index contributed by atoms with van der Waals surface area (Å²) >= 11 is 0. The van der Waals surface area contributed by atoms with E-state index in [4.69, 9.17) is 9.26 Å². The molecule has 0 spiro atoms. The Balaban J connectivity index is 1.64. The van der Waals surface area contributed by atoms with E-state index < -0.39 is 18.0 Å². The number of nitrogens with zero attached hydrogens (tertiary/aromatic N) is 2. The maximum Gasteiger partial charge on any atom is 0.414 e. The number of amides is 2. The molecule has 0 bridgehead atoms.